The van der Waals surface area contributed by atoms with Gasteiger partial charge in [-0.1, -0.05) is 6.92 Å². The molecule has 5 aliphatic heterocycles. The summed E-state index contributed by atoms with van der Waals surface area (Å²) in [5.41, 5.74) is 0. The minimum atomic E-state index is -4.31. The number of aliphatic hydroxyl groups is 1. The van der Waals surface area contributed by atoms with E-state index in [2.05, 4.69) is 31.5 Å². The maximum atomic E-state index is 14.4. The van der Waals surface area contributed by atoms with E-state index in [1.54, 1.807) is 4.90 Å². The first kappa shape index (κ1) is 36.2. The predicted octanol–water partition coefficient (Wildman–Crippen LogP) is -1.21. The molecular weight excluding hydrogens is 657 g/mol. The quantitative estimate of drug-likeness (QED) is 0.177. The molecule has 0 aromatic heterocycles. The Kier molecular flexibility index (Phi) is 11.2. The van der Waals surface area contributed by atoms with Gasteiger partial charge in [0.2, 0.25) is 11.8 Å². The van der Waals surface area contributed by atoms with Crippen molar-refractivity contribution >= 4 is 29.2 Å². The number of ether oxygens (including phenoxy) is 1. The number of carbonyl (C=O) groups is 3. The van der Waals surface area contributed by atoms with Crippen molar-refractivity contribution in [1.82, 2.24) is 41.3 Å². The number of rotatable bonds is 7. The van der Waals surface area contributed by atoms with Gasteiger partial charge in [-0.25, -0.2) is 0 Å². The summed E-state index contributed by atoms with van der Waals surface area (Å²) in [7, 11) is 0. The maximum Gasteiger partial charge on any atom is 0.391 e. The van der Waals surface area contributed by atoms with Gasteiger partial charge in [0.05, 0.1) is 55.4 Å². The highest BCUT2D eigenvalue weighted by Gasteiger charge is 2.54. The number of fused-ring (bicyclic) bond motifs is 1. The molecule has 5 heterocycles. The third-order valence-electron chi connectivity index (χ3n) is 11.4. The van der Waals surface area contributed by atoms with Crippen LogP contribution in [0.2, 0.25) is 0 Å². The Hall–Kier alpha value is -1.63. The number of amides is 2. The molecule has 0 radical (unpaired) electrons. The van der Waals surface area contributed by atoms with Crippen molar-refractivity contribution in [3.8, 4) is 0 Å². The Balaban J connectivity index is 1.15. The van der Waals surface area contributed by atoms with E-state index >= 15 is 0 Å². The van der Waals surface area contributed by atoms with Crippen LogP contribution in [0.15, 0.2) is 0 Å². The minimum absolute atomic E-state index is 0.0278. The molecule has 17 heteroatoms. The summed E-state index contributed by atoms with van der Waals surface area (Å²) in [6.07, 6.45) is -5.23. The van der Waals surface area contributed by atoms with Crippen LogP contribution >= 0.6 is 11.6 Å². The number of likely N-dealkylation sites (tertiary alicyclic amines) is 1. The van der Waals surface area contributed by atoms with Gasteiger partial charge in [0.25, 0.3) is 0 Å². The van der Waals surface area contributed by atoms with Crippen LogP contribution in [-0.2, 0) is 19.1 Å². The van der Waals surface area contributed by atoms with Crippen molar-refractivity contribution in [2.75, 3.05) is 59.2 Å². The van der Waals surface area contributed by atoms with Gasteiger partial charge in [-0.2, -0.15) is 13.2 Å². The normalized spacial score (nSPS) is 40.6. The van der Waals surface area contributed by atoms with Gasteiger partial charge in [0.15, 0.2) is 5.78 Å². The molecule has 6 rings (SSSR count). The van der Waals surface area contributed by atoms with Crippen LogP contribution in [0, 0.1) is 11.8 Å². The number of nitrogens with zero attached hydrogens (tertiary/aromatic N) is 3. The molecule has 272 valence electrons. The van der Waals surface area contributed by atoms with Crippen LogP contribution in [0.25, 0.3) is 0 Å². The van der Waals surface area contributed by atoms with Gasteiger partial charge in [-0.15, -0.1) is 11.6 Å². The smallest absolute Gasteiger partial charge is 0.389 e. The molecule has 1 saturated carbocycles. The molecule has 48 heavy (non-hydrogen) atoms. The Labute approximate surface area is 284 Å². The third kappa shape index (κ3) is 7.38. The van der Waals surface area contributed by atoms with Gasteiger partial charge < -0.3 is 25.4 Å². The van der Waals surface area contributed by atoms with Crippen LogP contribution in [0.1, 0.15) is 39.5 Å². The zero-order valence-electron chi connectivity index (χ0n) is 27.6. The van der Waals surface area contributed by atoms with Gasteiger partial charge >= 0.3 is 6.18 Å². The molecule has 5 saturated heterocycles. The second-order valence-corrected chi connectivity index (χ2v) is 14.9. The molecule has 6 fully saturated rings. The highest BCUT2D eigenvalue weighted by atomic mass is 35.5. The molecular formula is C31H50ClF3N8O5. The first-order valence-corrected chi connectivity index (χ1v) is 17.9. The lowest BCUT2D eigenvalue weighted by Crippen LogP contribution is -2.80. The maximum absolute atomic E-state index is 14.4. The molecule has 2 amide bonds. The first-order valence-electron chi connectivity index (χ1n) is 17.4. The minimum Gasteiger partial charge on any atom is -0.389 e. The zero-order valence-corrected chi connectivity index (χ0v) is 28.3. The van der Waals surface area contributed by atoms with Crippen LogP contribution < -0.4 is 26.6 Å². The van der Waals surface area contributed by atoms with Crippen molar-refractivity contribution < 1.29 is 37.4 Å². The fraction of sp³-hybridized carbons (Fsp3) is 0.903. The predicted molar refractivity (Wildman–Crippen MR) is 170 cm³/mol. The molecule has 6 N–H and O–H groups in total. The van der Waals surface area contributed by atoms with E-state index in [0.29, 0.717) is 59.0 Å². The molecule has 0 aromatic rings. The highest BCUT2D eigenvalue weighted by molar-refractivity contribution is 6.21. The number of alkyl halides is 4. The monoisotopic (exact) mass is 706 g/mol. The largest absolute Gasteiger partial charge is 0.391 e. The second-order valence-electron chi connectivity index (χ2n) is 14.3. The number of halogens is 4. The molecule has 0 spiro atoms. The molecule has 11 unspecified atom stereocenters. The fourth-order valence-corrected chi connectivity index (χ4v) is 8.85. The van der Waals surface area contributed by atoms with Crippen LogP contribution in [0.4, 0.5) is 13.2 Å². The van der Waals surface area contributed by atoms with E-state index < -0.39 is 53.9 Å². The Morgan fingerprint density at radius 1 is 1.10 bits per heavy atom. The zero-order chi connectivity index (χ0) is 34.3. The summed E-state index contributed by atoms with van der Waals surface area (Å²) >= 11 is 6.38. The van der Waals surface area contributed by atoms with E-state index in [1.165, 1.54) is 0 Å². The summed E-state index contributed by atoms with van der Waals surface area (Å²) < 4.78 is 45.4. The van der Waals surface area contributed by atoms with Crippen molar-refractivity contribution in [3.05, 3.63) is 0 Å². The summed E-state index contributed by atoms with van der Waals surface area (Å²) in [6.45, 7) is 7.73. The Morgan fingerprint density at radius 2 is 1.83 bits per heavy atom. The number of piperazine rings is 2. The Morgan fingerprint density at radius 3 is 2.46 bits per heavy atom. The van der Waals surface area contributed by atoms with E-state index in [9.17, 15) is 32.7 Å². The van der Waals surface area contributed by atoms with Gasteiger partial charge in [0.1, 0.15) is 6.04 Å². The van der Waals surface area contributed by atoms with Crippen LogP contribution in [-0.4, -0.2) is 163 Å². The number of hydrogen-bond acceptors (Lipinski definition) is 11. The molecule has 13 nitrogen and oxygen atoms in total. The van der Waals surface area contributed by atoms with E-state index in [-0.39, 0.29) is 67.4 Å². The van der Waals surface area contributed by atoms with Crippen molar-refractivity contribution in [2.45, 2.75) is 106 Å². The molecule has 6 aliphatic rings. The molecule has 0 aromatic carbocycles. The first-order chi connectivity index (χ1) is 22.9. The summed E-state index contributed by atoms with van der Waals surface area (Å²) in [6, 6.07) is -2.94. The molecule has 1 aliphatic carbocycles. The van der Waals surface area contributed by atoms with Crippen molar-refractivity contribution in [1.29, 1.82) is 0 Å². The summed E-state index contributed by atoms with van der Waals surface area (Å²) in [5, 5.41) is 26.0. The summed E-state index contributed by atoms with van der Waals surface area (Å²) in [5.74, 6) is -1.67. The number of hydrogen-bond donors (Lipinski definition) is 6. The van der Waals surface area contributed by atoms with Gasteiger partial charge in [-0.3, -0.25) is 40.1 Å². The lowest BCUT2D eigenvalue weighted by atomic mass is 9.82. The Bertz CT molecular complexity index is 1180. The lowest BCUT2D eigenvalue weighted by Gasteiger charge is -2.56. The van der Waals surface area contributed by atoms with Crippen molar-refractivity contribution in [3.63, 3.8) is 0 Å². The SMILES string of the molecule is CCC1C(N2CCN(C(=O)C3NCNC(C)C3O)CC2)C(=O)C2NC(C3COC3)CNC2N1CC(=O)NC1CCC(C(F)(F)F)CC1Cl. The number of nitrogens with one attached hydrogen (secondary N) is 5. The standard InChI is InChI=1S/C31H50ClF3N8O5/c1-3-22-26(41-6-8-42(9-7-41)30(47)25-27(45)16(2)37-15-38-25)28(46)24-29(36-11-21(40-24)17-13-48-14-17)43(22)12-23(44)39-20-5-4-18(10-19(20)32)31(33,34)35/h16-22,24-27,29,36-38,40,45H,3-15H2,1-2H3,(H,39,44). The number of Topliss-reactive ketones (excluding diaryl/α,β-unsaturated/α-hetero) is 1. The third-order valence-corrected chi connectivity index (χ3v) is 11.9. The van der Waals surface area contributed by atoms with Crippen molar-refractivity contribution in [2.24, 2.45) is 11.8 Å². The number of ketones is 1. The van der Waals surface area contributed by atoms with Gasteiger partial charge in [-0.05, 0) is 32.6 Å². The highest BCUT2D eigenvalue weighted by Crippen LogP contribution is 2.39. The number of aliphatic hydroxyl groups excluding tert-OH is 1. The molecule has 11 atom stereocenters. The number of carbonyl (C=O) groups excluding carboxylic acids is 3. The molecule has 0 bridgehead atoms. The van der Waals surface area contributed by atoms with Gasteiger partial charge in [0, 0.05) is 69.5 Å². The average Bonchev–Trinajstić information content (AvgIpc) is 3.03. The van der Waals surface area contributed by atoms with E-state index in [4.69, 9.17) is 16.3 Å². The second kappa shape index (κ2) is 14.9. The summed E-state index contributed by atoms with van der Waals surface area (Å²) in [4.78, 5) is 47.2. The topological polar surface area (TPSA) is 151 Å². The van der Waals surface area contributed by atoms with E-state index in [0.717, 1.165) is 0 Å². The number of piperidine rings is 1. The van der Waals surface area contributed by atoms with Crippen LogP contribution in [0.5, 0.6) is 0 Å². The average molecular weight is 707 g/mol. The fourth-order valence-electron chi connectivity index (χ4n) is 8.44. The lowest BCUT2D eigenvalue weighted by molar-refractivity contribution is -0.182. The van der Waals surface area contributed by atoms with Crippen LogP contribution in [0.3, 0.4) is 0 Å². The van der Waals surface area contributed by atoms with E-state index in [1.807, 2.05) is 18.7 Å².